The summed E-state index contributed by atoms with van der Waals surface area (Å²) >= 11 is 0. The molecule has 0 amide bonds. The summed E-state index contributed by atoms with van der Waals surface area (Å²) in [5, 5.41) is 8.73. The van der Waals surface area contributed by atoms with Crippen LogP contribution in [-0.4, -0.2) is 14.1 Å². The van der Waals surface area contributed by atoms with Gasteiger partial charge in [-0.25, -0.2) is 4.98 Å². The standard InChI is InChI=1S/C63H48N5O.Pt/c1-62(2,3)41-18-14-17-40(33-41)47-24-15-25-54-50-21-10-8-19-48(50)49-20-9-11-22-51(49)55-26-16-28-57-61(55)67(60(47)54)39-66(57)44-35-43(64-7)36-46(37-44)69-45-29-30-53-52-23-12-13-27-56(52)68(58(53)38-45)59-34-42(31-32-65-59)63(4,5)6;/h8-36,39H,1-6H3;/q-3;/i14D;. The van der Waals surface area contributed by atoms with E-state index in [1.807, 2.05) is 36.5 Å². The van der Waals surface area contributed by atoms with E-state index in [4.69, 9.17) is 17.7 Å². The number of aromatic nitrogens is 3. The summed E-state index contributed by atoms with van der Waals surface area (Å²) in [4.78, 5) is 11.0. The van der Waals surface area contributed by atoms with Gasteiger partial charge in [-0.3, -0.25) is 4.85 Å². The molecule has 0 bridgehead atoms. The number of pyridine rings is 1. The molecule has 0 N–H and O–H groups in total. The SMILES string of the molecule is [2H]c1cc(-c2cccc3c4ccccc4c4ccccc4c4cccc5c4n(c23)[CH-]N5c2[c-]c(Oc3[c-]c4c(cc3)c3ccccc3n4-c3cc(C(C)(C)C)ccn3)cc([N+]#[C-])c2)cc(C(C)(C)C)c1.[Pt]. The summed E-state index contributed by atoms with van der Waals surface area (Å²) in [5.41, 5.74) is 9.85. The molecule has 0 unspecified atom stereocenters. The van der Waals surface area contributed by atoms with Crippen LogP contribution in [0.25, 0.3) is 86.9 Å². The number of hydrogen-bond acceptors (Lipinski definition) is 3. The number of ether oxygens (including phenoxy) is 1. The van der Waals surface area contributed by atoms with Gasteiger partial charge in [0.15, 0.2) is 0 Å². The third-order valence-corrected chi connectivity index (χ3v) is 13.5. The van der Waals surface area contributed by atoms with Crippen LogP contribution in [0.4, 0.5) is 17.1 Å². The molecule has 4 heterocycles. The van der Waals surface area contributed by atoms with E-state index in [0.717, 1.165) is 93.4 Å². The first-order valence-corrected chi connectivity index (χ1v) is 23.4. The van der Waals surface area contributed by atoms with E-state index in [0.29, 0.717) is 28.9 Å². The molecule has 6 nitrogen and oxygen atoms in total. The zero-order chi connectivity index (χ0) is 48.1. The van der Waals surface area contributed by atoms with Crippen molar-refractivity contribution in [1.29, 1.82) is 0 Å². The van der Waals surface area contributed by atoms with Crippen LogP contribution in [0.1, 0.15) is 54.0 Å². The van der Waals surface area contributed by atoms with Crippen LogP contribution < -0.4 is 9.64 Å². The minimum atomic E-state index is -0.169. The molecule has 0 atom stereocenters. The topological polar surface area (TPSA) is 39.6 Å². The fraction of sp³-hybridized carbons (Fsp3) is 0.127. The quantitative estimate of drug-likeness (QED) is 0.161. The molecule has 1 aliphatic rings. The van der Waals surface area contributed by atoms with Gasteiger partial charge < -0.3 is 18.8 Å². The van der Waals surface area contributed by atoms with Gasteiger partial charge in [0.2, 0.25) is 0 Å². The predicted molar refractivity (Wildman–Crippen MR) is 286 cm³/mol. The van der Waals surface area contributed by atoms with Crippen molar-refractivity contribution in [3.05, 3.63) is 217 Å². The molecule has 0 saturated heterocycles. The molecular formula is C63H48N5OPt-3. The van der Waals surface area contributed by atoms with Crippen LogP contribution in [0.2, 0.25) is 0 Å². The van der Waals surface area contributed by atoms with Gasteiger partial charge in [-0.2, -0.15) is 6.07 Å². The monoisotopic (exact) mass is 1090 g/mol. The number of nitrogens with zero attached hydrogens (tertiary/aromatic N) is 5. The van der Waals surface area contributed by atoms with Crippen molar-refractivity contribution < 1.29 is 27.2 Å². The third kappa shape index (κ3) is 7.45. The molecule has 7 heteroatoms. The molecule has 3 aromatic heterocycles. The minimum absolute atomic E-state index is 0. The number of fused-ring (bicyclic) bond motifs is 10. The normalized spacial score (nSPS) is 12.6. The molecule has 11 aromatic rings. The van der Waals surface area contributed by atoms with Gasteiger partial charge in [-0.1, -0.05) is 174 Å². The van der Waals surface area contributed by atoms with Gasteiger partial charge in [0.1, 0.15) is 5.82 Å². The molecule has 12 rings (SSSR count). The van der Waals surface area contributed by atoms with E-state index in [2.05, 4.69) is 207 Å². The first-order chi connectivity index (χ1) is 33.8. The van der Waals surface area contributed by atoms with Crippen molar-refractivity contribution in [2.24, 2.45) is 0 Å². The van der Waals surface area contributed by atoms with E-state index in [-0.39, 0.29) is 31.9 Å². The largest absolute Gasteiger partial charge is 0.510 e. The Kier molecular flexibility index (Phi) is 10.5. The maximum Gasteiger partial charge on any atom is 0.135 e. The maximum atomic E-state index is 9.04. The van der Waals surface area contributed by atoms with Crippen LogP contribution in [-0.2, 0) is 31.9 Å². The average Bonchev–Trinajstić information content (AvgIpc) is 3.92. The Labute approximate surface area is 424 Å². The smallest absolute Gasteiger partial charge is 0.135 e. The maximum absolute atomic E-state index is 9.04. The second-order valence-corrected chi connectivity index (χ2v) is 20.0. The Morgan fingerprint density at radius 2 is 1.23 bits per heavy atom. The Morgan fingerprint density at radius 1 is 0.600 bits per heavy atom. The van der Waals surface area contributed by atoms with E-state index in [9.17, 15) is 0 Å². The Balaban J connectivity index is 0.00000547. The molecule has 70 heavy (non-hydrogen) atoms. The van der Waals surface area contributed by atoms with E-state index >= 15 is 0 Å². The third-order valence-electron chi connectivity index (χ3n) is 13.5. The van der Waals surface area contributed by atoms with Crippen LogP contribution in [0.15, 0.2) is 176 Å². The minimum Gasteiger partial charge on any atom is -0.510 e. The van der Waals surface area contributed by atoms with E-state index < -0.39 is 0 Å². The first kappa shape index (κ1) is 43.4. The van der Waals surface area contributed by atoms with Crippen LogP contribution in [0, 0.1) is 25.4 Å². The number of hydrogen-bond donors (Lipinski definition) is 0. The number of rotatable bonds is 5. The Bertz CT molecular complexity index is 4090. The predicted octanol–water partition coefficient (Wildman–Crippen LogP) is 17.0. The summed E-state index contributed by atoms with van der Waals surface area (Å²) in [6, 6.07) is 64.3. The second-order valence-electron chi connectivity index (χ2n) is 20.0. The summed E-state index contributed by atoms with van der Waals surface area (Å²) in [6.07, 6.45) is 1.88. The molecule has 1 aliphatic heterocycles. The molecule has 0 fully saturated rings. The molecule has 0 spiro atoms. The molecule has 0 saturated carbocycles. The van der Waals surface area contributed by atoms with Crippen molar-refractivity contribution >= 4 is 82.2 Å². The summed E-state index contributed by atoms with van der Waals surface area (Å²) < 4.78 is 20.2. The molecule has 0 aliphatic carbocycles. The van der Waals surface area contributed by atoms with Crippen molar-refractivity contribution in [3.63, 3.8) is 0 Å². The van der Waals surface area contributed by atoms with Crippen molar-refractivity contribution in [2.45, 2.75) is 52.4 Å². The Morgan fingerprint density at radius 3 is 1.93 bits per heavy atom. The van der Waals surface area contributed by atoms with Crippen molar-refractivity contribution in [1.82, 2.24) is 14.1 Å². The van der Waals surface area contributed by atoms with E-state index in [1.54, 1.807) is 6.07 Å². The van der Waals surface area contributed by atoms with Gasteiger partial charge in [-0.05, 0) is 113 Å². The fourth-order valence-electron chi connectivity index (χ4n) is 10.1. The second kappa shape index (κ2) is 17.0. The van der Waals surface area contributed by atoms with Gasteiger partial charge in [0, 0.05) is 50.0 Å². The number of anilines is 2. The first-order valence-electron chi connectivity index (χ1n) is 23.9. The van der Waals surface area contributed by atoms with Crippen molar-refractivity contribution in [2.75, 3.05) is 4.90 Å². The molecule has 344 valence electrons. The number of benzene rings is 8. The average molecular weight is 1090 g/mol. The van der Waals surface area contributed by atoms with Gasteiger partial charge in [0.05, 0.1) is 13.6 Å². The zero-order valence-electron chi connectivity index (χ0n) is 40.7. The van der Waals surface area contributed by atoms with Gasteiger partial charge >= 0.3 is 0 Å². The number of para-hydroxylation sites is 3. The molecule has 0 radical (unpaired) electrons. The summed E-state index contributed by atoms with van der Waals surface area (Å²) in [6.45, 7) is 23.7. The summed E-state index contributed by atoms with van der Waals surface area (Å²) in [5.74, 6) is 1.69. The van der Waals surface area contributed by atoms with Crippen LogP contribution in [0.5, 0.6) is 11.5 Å². The Hall–Kier alpha value is -7.84. The zero-order valence-corrected chi connectivity index (χ0v) is 42.0. The van der Waals surface area contributed by atoms with Gasteiger partial charge in [-0.15, -0.1) is 35.7 Å². The van der Waals surface area contributed by atoms with Gasteiger partial charge in [0.25, 0.3) is 0 Å². The molecular weight excluding hydrogens is 1040 g/mol. The van der Waals surface area contributed by atoms with Crippen LogP contribution in [0.3, 0.4) is 0 Å². The fourth-order valence-corrected chi connectivity index (χ4v) is 10.1. The van der Waals surface area contributed by atoms with Crippen molar-refractivity contribution in [3.8, 4) is 28.4 Å². The van der Waals surface area contributed by atoms with Crippen LogP contribution >= 0.6 is 0 Å². The van der Waals surface area contributed by atoms with E-state index in [1.165, 1.54) is 5.56 Å². The molecule has 8 aromatic carbocycles. The summed E-state index contributed by atoms with van der Waals surface area (Å²) in [7, 11) is 0.